The van der Waals surface area contributed by atoms with Gasteiger partial charge >= 0.3 is 0 Å². The highest BCUT2D eigenvalue weighted by molar-refractivity contribution is 7.17. The third-order valence-corrected chi connectivity index (χ3v) is 4.63. The molecule has 4 heteroatoms. The van der Waals surface area contributed by atoms with Crippen LogP contribution >= 0.6 is 11.3 Å². The minimum Gasteiger partial charge on any atom is -0.369 e. The van der Waals surface area contributed by atoms with E-state index in [2.05, 4.69) is 40.1 Å². The van der Waals surface area contributed by atoms with Crippen molar-refractivity contribution in [2.24, 2.45) is 5.41 Å². The number of pyridine rings is 1. The number of hydrogen-bond acceptors (Lipinski definition) is 4. The minimum absolute atomic E-state index is 0.345. The molecule has 2 aromatic heterocycles. The molecule has 0 aliphatic carbocycles. The minimum atomic E-state index is 0.345. The standard InChI is InChI=1S/C14H19N3S/c1-14(5-2-6-15-9-14)10-17-13-11-4-8-18-12(11)3-7-16-13/h3-4,7-8,15H,2,5-6,9-10H2,1H3,(H,16,17). The third-order valence-electron chi connectivity index (χ3n) is 3.75. The zero-order valence-electron chi connectivity index (χ0n) is 10.7. The van der Waals surface area contributed by atoms with Crippen molar-refractivity contribution in [1.29, 1.82) is 0 Å². The van der Waals surface area contributed by atoms with Crippen molar-refractivity contribution >= 4 is 27.2 Å². The molecule has 0 radical (unpaired) electrons. The van der Waals surface area contributed by atoms with Crippen LogP contribution in [0.1, 0.15) is 19.8 Å². The van der Waals surface area contributed by atoms with Gasteiger partial charge in [0, 0.05) is 29.4 Å². The van der Waals surface area contributed by atoms with Gasteiger partial charge in [0.15, 0.2) is 0 Å². The molecule has 0 aromatic carbocycles. The summed E-state index contributed by atoms with van der Waals surface area (Å²) in [6.07, 6.45) is 4.45. The van der Waals surface area contributed by atoms with Crippen molar-refractivity contribution in [1.82, 2.24) is 10.3 Å². The number of anilines is 1. The van der Waals surface area contributed by atoms with Gasteiger partial charge in [-0.05, 0) is 42.3 Å². The topological polar surface area (TPSA) is 37.0 Å². The Hall–Kier alpha value is -1.13. The first-order valence-corrected chi connectivity index (χ1v) is 7.42. The zero-order valence-corrected chi connectivity index (χ0v) is 11.5. The van der Waals surface area contributed by atoms with Gasteiger partial charge in [-0.3, -0.25) is 0 Å². The second-order valence-corrected chi connectivity index (χ2v) is 6.38. The number of aromatic nitrogens is 1. The summed E-state index contributed by atoms with van der Waals surface area (Å²) in [5.41, 5.74) is 0.345. The van der Waals surface area contributed by atoms with Crippen LogP contribution in [0.15, 0.2) is 23.7 Å². The van der Waals surface area contributed by atoms with E-state index in [0.29, 0.717) is 5.41 Å². The number of fused-ring (bicyclic) bond motifs is 1. The van der Waals surface area contributed by atoms with Gasteiger partial charge < -0.3 is 10.6 Å². The molecule has 3 heterocycles. The van der Waals surface area contributed by atoms with E-state index in [9.17, 15) is 0 Å². The Bertz CT molecular complexity index is 529. The lowest BCUT2D eigenvalue weighted by molar-refractivity contribution is 0.253. The molecule has 18 heavy (non-hydrogen) atoms. The summed E-state index contributed by atoms with van der Waals surface area (Å²) in [5.74, 6) is 1.03. The van der Waals surface area contributed by atoms with Crippen LogP contribution in [-0.2, 0) is 0 Å². The summed E-state index contributed by atoms with van der Waals surface area (Å²) in [7, 11) is 0. The molecule has 3 rings (SSSR count). The number of rotatable bonds is 3. The van der Waals surface area contributed by atoms with Crippen LogP contribution in [0.3, 0.4) is 0 Å². The van der Waals surface area contributed by atoms with Crippen LogP contribution in [-0.4, -0.2) is 24.6 Å². The summed E-state index contributed by atoms with van der Waals surface area (Å²) in [5, 5.41) is 10.4. The fraction of sp³-hybridized carbons (Fsp3) is 0.500. The maximum absolute atomic E-state index is 4.47. The molecule has 0 saturated carbocycles. The lowest BCUT2D eigenvalue weighted by atomic mass is 9.83. The van der Waals surface area contributed by atoms with Crippen molar-refractivity contribution in [3.05, 3.63) is 23.7 Å². The molecule has 3 nitrogen and oxygen atoms in total. The maximum Gasteiger partial charge on any atom is 0.134 e. The lowest BCUT2D eigenvalue weighted by Crippen LogP contribution is -2.42. The molecule has 0 bridgehead atoms. The average Bonchev–Trinajstić information content (AvgIpc) is 2.86. The summed E-state index contributed by atoms with van der Waals surface area (Å²) < 4.78 is 1.31. The molecular weight excluding hydrogens is 242 g/mol. The number of thiophene rings is 1. The molecule has 1 aliphatic heterocycles. The lowest BCUT2D eigenvalue weighted by Gasteiger charge is -2.34. The molecule has 1 saturated heterocycles. The van der Waals surface area contributed by atoms with Crippen LogP contribution in [0.5, 0.6) is 0 Å². The van der Waals surface area contributed by atoms with Gasteiger partial charge in [0.2, 0.25) is 0 Å². The Labute approximate surface area is 112 Å². The monoisotopic (exact) mass is 261 g/mol. The van der Waals surface area contributed by atoms with E-state index in [4.69, 9.17) is 0 Å². The Morgan fingerprint density at radius 1 is 1.50 bits per heavy atom. The number of hydrogen-bond donors (Lipinski definition) is 2. The molecule has 2 aromatic rings. The quantitative estimate of drug-likeness (QED) is 0.891. The van der Waals surface area contributed by atoms with Gasteiger partial charge in [0.25, 0.3) is 0 Å². The molecule has 1 aliphatic rings. The zero-order chi connectivity index (χ0) is 12.4. The number of nitrogens with one attached hydrogen (secondary N) is 2. The van der Waals surface area contributed by atoms with Crippen molar-refractivity contribution in [2.75, 3.05) is 25.0 Å². The summed E-state index contributed by atoms with van der Waals surface area (Å²) in [6, 6.07) is 4.23. The van der Waals surface area contributed by atoms with Crippen molar-refractivity contribution in [2.45, 2.75) is 19.8 Å². The fourth-order valence-corrected chi connectivity index (χ4v) is 3.38. The van der Waals surface area contributed by atoms with Crippen molar-refractivity contribution in [3.63, 3.8) is 0 Å². The Balaban J connectivity index is 1.74. The van der Waals surface area contributed by atoms with Gasteiger partial charge in [0.05, 0.1) is 0 Å². The predicted octanol–water partition coefficient (Wildman–Crippen LogP) is 3.10. The predicted molar refractivity (Wildman–Crippen MR) is 78.3 cm³/mol. The number of nitrogens with zero attached hydrogens (tertiary/aromatic N) is 1. The van der Waals surface area contributed by atoms with Crippen LogP contribution in [0.4, 0.5) is 5.82 Å². The molecule has 1 atom stereocenters. The van der Waals surface area contributed by atoms with E-state index in [1.807, 2.05) is 6.20 Å². The smallest absolute Gasteiger partial charge is 0.134 e. The molecule has 1 unspecified atom stereocenters. The van der Waals surface area contributed by atoms with Gasteiger partial charge in [-0.2, -0.15) is 0 Å². The van der Waals surface area contributed by atoms with Crippen molar-refractivity contribution in [3.8, 4) is 0 Å². The van der Waals surface area contributed by atoms with Gasteiger partial charge in [-0.25, -0.2) is 4.98 Å². The largest absolute Gasteiger partial charge is 0.369 e. The van der Waals surface area contributed by atoms with Gasteiger partial charge in [-0.1, -0.05) is 6.92 Å². The Kier molecular flexibility index (Phi) is 3.22. The summed E-state index contributed by atoms with van der Waals surface area (Å²) >= 11 is 1.77. The van der Waals surface area contributed by atoms with Gasteiger partial charge in [-0.15, -0.1) is 11.3 Å². The van der Waals surface area contributed by atoms with Crippen LogP contribution < -0.4 is 10.6 Å². The van der Waals surface area contributed by atoms with Gasteiger partial charge in [0.1, 0.15) is 5.82 Å². The maximum atomic E-state index is 4.47. The first kappa shape index (κ1) is 11.9. The van der Waals surface area contributed by atoms with Crippen LogP contribution in [0.25, 0.3) is 10.1 Å². The highest BCUT2D eigenvalue weighted by atomic mass is 32.1. The SMILES string of the molecule is CC1(CNc2nccc3sccc23)CCCNC1. The van der Waals surface area contributed by atoms with Crippen LogP contribution in [0.2, 0.25) is 0 Å². The summed E-state index contributed by atoms with van der Waals surface area (Å²) in [4.78, 5) is 4.47. The third kappa shape index (κ3) is 2.35. The van der Waals surface area contributed by atoms with E-state index in [-0.39, 0.29) is 0 Å². The molecule has 0 amide bonds. The van der Waals surface area contributed by atoms with Crippen molar-refractivity contribution < 1.29 is 0 Å². The second kappa shape index (κ2) is 4.86. The normalized spacial score (nSPS) is 24.3. The van der Waals surface area contributed by atoms with E-state index in [1.54, 1.807) is 11.3 Å². The molecule has 0 spiro atoms. The fourth-order valence-electron chi connectivity index (χ4n) is 2.60. The van der Waals surface area contributed by atoms with Crippen LogP contribution in [0, 0.1) is 5.41 Å². The first-order chi connectivity index (χ1) is 8.77. The number of piperidine rings is 1. The molecular formula is C14H19N3S. The van der Waals surface area contributed by atoms with E-state index in [1.165, 1.54) is 22.9 Å². The van der Waals surface area contributed by atoms with E-state index < -0.39 is 0 Å². The Morgan fingerprint density at radius 2 is 2.44 bits per heavy atom. The molecule has 96 valence electrons. The highest BCUT2D eigenvalue weighted by Gasteiger charge is 2.26. The summed E-state index contributed by atoms with van der Waals surface area (Å²) in [6.45, 7) is 5.59. The average molecular weight is 261 g/mol. The van der Waals surface area contributed by atoms with E-state index in [0.717, 1.165) is 25.5 Å². The highest BCUT2D eigenvalue weighted by Crippen LogP contribution is 2.29. The first-order valence-electron chi connectivity index (χ1n) is 6.54. The molecule has 2 N–H and O–H groups in total. The van der Waals surface area contributed by atoms with E-state index >= 15 is 0 Å². The molecule has 1 fully saturated rings. The Morgan fingerprint density at radius 3 is 3.28 bits per heavy atom. The second-order valence-electron chi connectivity index (χ2n) is 5.44.